The van der Waals surface area contributed by atoms with Crippen LogP contribution in [0, 0.1) is 0 Å². The molecule has 132 valence electrons. The van der Waals surface area contributed by atoms with Crippen molar-refractivity contribution in [3.63, 3.8) is 0 Å². The first-order chi connectivity index (χ1) is 12.2. The van der Waals surface area contributed by atoms with Gasteiger partial charge in [-0.2, -0.15) is 0 Å². The van der Waals surface area contributed by atoms with Crippen LogP contribution < -0.4 is 0 Å². The molecule has 1 N–H and O–H groups in total. The number of rotatable bonds is 3. The lowest BCUT2D eigenvalue weighted by molar-refractivity contribution is 0.463. The number of alkyl halides is 2. The van der Waals surface area contributed by atoms with Crippen LogP contribution in [0.4, 0.5) is 0 Å². The van der Waals surface area contributed by atoms with E-state index in [0.29, 0.717) is 5.75 Å². The second kappa shape index (κ2) is 7.44. The van der Waals surface area contributed by atoms with Gasteiger partial charge in [0.1, 0.15) is 5.75 Å². The van der Waals surface area contributed by atoms with E-state index in [0.717, 1.165) is 29.1 Å². The molecule has 0 bridgehead atoms. The molecule has 25 heavy (non-hydrogen) atoms. The molecule has 0 atom stereocenters. The second-order valence-electron chi connectivity index (χ2n) is 7.36. The number of aryl methyl sites for hydroxylation is 3. The Balaban J connectivity index is 1.95. The molecule has 0 radical (unpaired) electrons. The summed E-state index contributed by atoms with van der Waals surface area (Å²) >= 11 is 7.35. The molecular formula is C22H24Br2O. The lowest BCUT2D eigenvalue weighted by atomic mass is 9.82. The topological polar surface area (TPSA) is 20.2 Å². The minimum Gasteiger partial charge on any atom is -0.507 e. The summed E-state index contributed by atoms with van der Waals surface area (Å²) in [6.45, 7) is 0. The van der Waals surface area contributed by atoms with Crippen molar-refractivity contribution in [1.82, 2.24) is 0 Å². The van der Waals surface area contributed by atoms with Crippen molar-refractivity contribution in [2.75, 3.05) is 0 Å². The number of hydrogen-bond donors (Lipinski definition) is 1. The molecule has 1 nitrogen and oxygen atoms in total. The standard InChI is InChI=1S/C22H24Br2O/c23-12-17-9-14-5-1-2-6-15(14)11-20(17)21-18(13-24)10-16-7-3-4-8-19(16)22(21)25/h9-11,25H,1-8,12-13H2. The van der Waals surface area contributed by atoms with Crippen LogP contribution in [0.1, 0.15) is 59.1 Å². The monoisotopic (exact) mass is 462 g/mol. The van der Waals surface area contributed by atoms with Crippen molar-refractivity contribution in [2.45, 2.75) is 62.0 Å². The summed E-state index contributed by atoms with van der Waals surface area (Å²) in [5, 5.41) is 12.8. The number of benzene rings is 2. The molecule has 0 saturated heterocycles. The van der Waals surface area contributed by atoms with E-state index in [2.05, 4.69) is 50.1 Å². The first-order valence-electron chi connectivity index (χ1n) is 9.36. The van der Waals surface area contributed by atoms with Gasteiger partial charge in [-0.15, -0.1) is 0 Å². The van der Waals surface area contributed by atoms with Gasteiger partial charge in [-0.25, -0.2) is 0 Å². The Labute approximate surface area is 167 Å². The first-order valence-corrected chi connectivity index (χ1v) is 11.6. The zero-order valence-electron chi connectivity index (χ0n) is 14.5. The van der Waals surface area contributed by atoms with Crippen LogP contribution in [0.3, 0.4) is 0 Å². The number of phenols is 1. The van der Waals surface area contributed by atoms with Gasteiger partial charge in [-0.3, -0.25) is 0 Å². The molecule has 0 unspecified atom stereocenters. The van der Waals surface area contributed by atoms with Gasteiger partial charge in [-0.1, -0.05) is 50.1 Å². The van der Waals surface area contributed by atoms with Gasteiger partial charge in [0.25, 0.3) is 0 Å². The number of phenolic OH excluding ortho intramolecular Hbond substituents is 1. The predicted octanol–water partition coefficient (Wildman–Crippen LogP) is 6.61. The molecule has 0 aromatic heterocycles. The maximum atomic E-state index is 11.2. The molecule has 2 aromatic rings. The molecule has 0 spiro atoms. The average molecular weight is 464 g/mol. The highest BCUT2D eigenvalue weighted by Gasteiger charge is 2.23. The summed E-state index contributed by atoms with van der Waals surface area (Å²) in [5.41, 5.74) is 10.3. The average Bonchev–Trinajstić information content (AvgIpc) is 2.67. The van der Waals surface area contributed by atoms with Gasteiger partial charge in [0.15, 0.2) is 0 Å². The highest BCUT2D eigenvalue weighted by Crippen LogP contribution is 2.44. The third kappa shape index (κ3) is 3.19. The molecule has 0 fully saturated rings. The highest BCUT2D eigenvalue weighted by atomic mass is 79.9. The molecule has 3 heteroatoms. The van der Waals surface area contributed by atoms with E-state index in [-0.39, 0.29) is 0 Å². The van der Waals surface area contributed by atoms with Gasteiger partial charge in [0.2, 0.25) is 0 Å². The van der Waals surface area contributed by atoms with E-state index in [9.17, 15) is 5.11 Å². The molecule has 2 aromatic carbocycles. The number of hydrogen-bond acceptors (Lipinski definition) is 1. The number of aromatic hydroxyl groups is 1. The van der Waals surface area contributed by atoms with Crippen molar-refractivity contribution >= 4 is 31.9 Å². The van der Waals surface area contributed by atoms with Crippen LogP contribution in [0.25, 0.3) is 11.1 Å². The Morgan fingerprint density at radius 1 is 0.720 bits per heavy atom. The summed E-state index contributed by atoms with van der Waals surface area (Å²) < 4.78 is 0. The zero-order chi connectivity index (χ0) is 17.4. The number of fused-ring (bicyclic) bond motifs is 2. The lowest BCUT2D eigenvalue weighted by Crippen LogP contribution is -2.08. The fourth-order valence-corrected chi connectivity index (χ4v) is 5.44. The molecule has 2 aliphatic carbocycles. The minimum absolute atomic E-state index is 0.532. The third-order valence-corrected chi connectivity index (χ3v) is 7.04. The summed E-state index contributed by atoms with van der Waals surface area (Å²) in [7, 11) is 0. The van der Waals surface area contributed by atoms with Crippen molar-refractivity contribution in [1.29, 1.82) is 0 Å². The SMILES string of the molecule is Oc1c2c(cc(CBr)c1-c1cc3c(cc1CBr)CCCC3)CCCC2. The fraction of sp³-hybridized carbons (Fsp3) is 0.455. The summed E-state index contributed by atoms with van der Waals surface area (Å²) in [6, 6.07) is 7.06. The van der Waals surface area contributed by atoms with Crippen LogP contribution in [0.15, 0.2) is 18.2 Å². The Kier molecular flexibility index (Phi) is 5.24. The van der Waals surface area contributed by atoms with E-state index in [1.165, 1.54) is 77.5 Å². The van der Waals surface area contributed by atoms with Crippen molar-refractivity contribution in [3.8, 4) is 16.9 Å². The largest absolute Gasteiger partial charge is 0.507 e. The summed E-state index contributed by atoms with van der Waals surface area (Å²) in [5.74, 6) is 0.532. The lowest BCUT2D eigenvalue weighted by Gasteiger charge is -2.25. The van der Waals surface area contributed by atoms with Gasteiger partial charge in [0, 0.05) is 16.2 Å². The maximum Gasteiger partial charge on any atom is 0.127 e. The molecule has 4 rings (SSSR count). The number of halogens is 2. The molecular weight excluding hydrogens is 440 g/mol. The van der Waals surface area contributed by atoms with E-state index in [4.69, 9.17) is 0 Å². The molecule has 2 aliphatic rings. The second-order valence-corrected chi connectivity index (χ2v) is 8.48. The minimum atomic E-state index is 0.532. The van der Waals surface area contributed by atoms with Crippen LogP contribution in [0.2, 0.25) is 0 Å². The molecule has 0 amide bonds. The van der Waals surface area contributed by atoms with Crippen LogP contribution in [0.5, 0.6) is 5.75 Å². The molecule has 0 aliphatic heterocycles. The summed E-state index contributed by atoms with van der Waals surface area (Å²) in [4.78, 5) is 0. The van der Waals surface area contributed by atoms with Crippen molar-refractivity contribution in [3.05, 3.63) is 51.6 Å². The van der Waals surface area contributed by atoms with Gasteiger partial charge >= 0.3 is 0 Å². The van der Waals surface area contributed by atoms with E-state index >= 15 is 0 Å². The zero-order valence-corrected chi connectivity index (χ0v) is 17.7. The van der Waals surface area contributed by atoms with E-state index in [1.807, 2.05) is 0 Å². The first kappa shape index (κ1) is 17.6. The smallest absolute Gasteiger partial charge is 0.127 e. The molecule has 0 heterocycles. The van der Waals surface area contributed by atoms with Crippen LogP contribution in [-0.2, 0) is 36.3 Å². The normalized spacial score (nSPS) is 16.4. The third-order valence-electron chi connectivity index (χ3n) is 5.83. The Morgan fingerprint density at radius 2 is 1.28 bits per heavy atom. The Bertz CT molecular complexity index is 810. The Morgan fingerprint density at radius 3 is 1.96 bits per heavy atom. The van der Waals surface area contributed by atoms with E-state index < -0.39 is 0 Å². The van der Waals surface area contributed by atoms with Gasteiger partial charge < -0.3 is 5.11 Å². The van der Waals surface area contributed by atoms with Crippen LogP contribution in [-0.4, -0.2) is 5.11 Å². The van der Waals surface area contributed by atoms with Crippen LogP contribution >= 0.6 is 31.9 Å². The Hall–Kier alpha value is -0.800. The quantitative estimate of drug-likeness (QED) is 0.508. The van der Waals surface area contributed by atoms with Gasteiger partial charge in [-0.05, 0) is 90.3 Å². The van der Waals surface area contributed by atoms with Crippen molar-refractivity contribution in [2.24, 2.45) is 0 Å². The van der Waals surface area contributed by atoms with Gasteiger partial charge in [0.05, 0.1) is 0 Å². The summed E-state index contributed by atoms with van der Waals surface area (Å²) in [6.07, 6.45) is 9.45. The highest BCUT2D eigenvalue weighted by molar-refractivity contribution is 9.08. The van der Waals surface area contributed by atoms with Crippen molar-refractivity contribution < 1.29 is 5.11 Å². The molecule has 0 saturated carbocycles. The van der Waals surface area contributed by atoms with E-state index in [1.54, 1.807) is 0 Å². The predicted molar refractivity (Wildman–Crippen MR) is 112 cm³/mol. The fourth-order valence-electron chi connectivity index (χ4n) is 4.53. The maximum absolute atomic E-state index is 11.2.